The van der Waals surface area contributed by atoms with Gasteiger partial charge in [0, 0.05) is 8.95 Å². The zero-order valence-electron chi connectivity index (χ0n) is 9.57. The number of rotatable bonds is 5. The minimum Gasteiger partial charge on any atom is -0.480 e. The maximum absolute atomic E-state index is 11.8. The van der Waals surface area contributed by atoms with E-state index in [0.29, 0.717) is 10.0 Å². The van der Waals surface area contributed by atoms with Crippen LogP contribution in [0.3, 0.4) is 0 Å². The summed E-state index contributed by atoms with van der Waals surface area (Å²) in [6.45, 7) is -0.764. The first-order chi connectivity index (χ1) is 8.90. The molecule has 1 aromatic carbocycles. The van der Waals surface area contributed by atoms with E-state index in [1.54, 1.807) is 18.2 Å². The molecule has 0 atom stereocenters. The van der Waals surface area contributed by atoms with Crippen LogP contribution in [0.15, 0.2) is 27.1 Å². The first-order valence-electron chi connectivity index (χ1n) is 5.12. The maximum Gasteiger partial charge on any atom is 0.322 e. The fraction of sp³-hybridized carbons (Fsp3) is 0.182. The van der Waals surface area contributed by atoms with Crippen LogP contribution in [0.1, 0.15) is 10.4 Å². The zero-order chi connectivity index (χ0) is 14.4. The molecule has 0 aliphatic heterocycles. The van der Waals surface area contributed by atoms with Gasteiger partial charge in [0.2, 0.25) is 5.91 Å². The summed E-state index contributed by atoms with van der Waals surface area (Å²) in [6.07, 6.45) is 0. The van der Waals surface area contributed by atoms with Crippen LogP contribution in [0.25, 0.3) is 0 Å². The number of halogens is 2. The molecule has 0 bridgehead atoms. The molecule has 0 heterocycles. The van der Waals surface area contributed by atoms with Crippen molar-refractivity contribution in [3.63, 3.8) is 0 Å². The summed E-state index contributed by atoms with van der Waals surface area (Å²) in [6, 6.07) is 5.07. The lowest BCUT2D eigenvalue weighted by molar-refractivity contribution is -0.137. The highest BCUT2D eigenvalue weighted by Crippen LogP contribution is 2.21. The van der Waals surface area contributed by atoms with E-state index in [-0.39, 0.29) is 6.54 Å². The van der Waals surface area contributed by atoms with E-state index in [2.05, 4.69) is 42.5 Å². The normalized spacial score (nSPS) is 9.79. The van der Waals surface area contributed by atoms with Gasteiger partial charge in [-0.15, -0.1) is 0 Å². The van der Waals surface area contributed by atoms with Crippen molar-refractivity contribution in [3.8, 4) is 0 Å². The van der Waals surface area contributed by atoms with E-state index in [1.807, 2.05) is 0 Å². The van der Waals surface area contributed by atoms with Crippen LogP contribution in [0.5, 0.6) is 0 Å². The average molecular weight is 394 g/mol. The molecule has 102 valence electrons. The third kappa shape index (κ3) is 5.39. The van der Waals surface area contributed by atoms with E-state index in [9.17, 15) is 14.4 Å². The lowest BCUT2D eigenvalue weighted by atomic mass is 10.2. The molecular weight excluding hydrogens is 384 g/mol. The van der Waals surface area contributed by atoms with Crippen LogP contribution >= 0.6 is 31.9 Å². The summed E-state index contributed by atoms with van der Waals surface area (Å²) < 4.78 is 1.33. The van der Waals surface area contributed by atoms with Crippen molar-refractivity contribution in [1.82, 2.24) is 10.6 Å². The predicted molar refractivity (Wildman–Crippen MR) is 74.8 cm³/mol. The number of carboxylic acids is 1. The van der Waals surface area contributed by atoms with Gasteiger partial charge in [-0.2, -0.15) is 0 Å². The lowest BCUT2D eigenvalue weighted by Crippen LogP contribution is -2.39. The summed E-state index contributed by atoms with van der Waals surface area (Å²) in [5.74, 6) is -2.14. The van der Waals surface area contributed by atoms with Gasteiger partial charge in [-0.25, -0.2) is 0 Å². The molecule has 0 saturated carbocycles. The molecular formula is C11H10Br2N2O4. The van der Waals surface area contributed by atoms with Gasteiger partial charge >= 0.3 is 5.97 Å². The maximum atomic E-state index is 11.8. The minimum atomic E-state index is -1.14. The Morgan fingerprint density at radius 3 is 2.42 bits per heavy atom. The number of carbonyl (C=O) groups excluding carboxylic acids is 2. The van der Waals surface area contributed by atoms with Gasteiger partial charge in [-0.05, 0) is 34.1 Å². The third-order valence-corrected chi connectivity index (χ3v) is 3.20. The molecule has 0 saturated heterocycles. The molecule has 8 heteroatoms. The van der Waals surface area contributed by atoms with Gasteiger partial charge in [-0.1, -0.05) is 15.9 Å². The quantitative estimate of drug-likeness (QED) is 0.699. The summed E-state index contributed by atoms with van der Waals surface area (Å²) in [5, 5.41) is 12.9. The summed E-state index contributed by atoms with van der Waals surface area (Å²) in [5.41, 5.74) is 0.375. The summed E-state index contributed by atoms with van der Waals surface area (Å²) in [7, 11) is 0. The van der Waals surface area contributed by atoms with Crippen LogP contribution in [0.2, 0.25) is 0 Å². The SMILES string of the molecule is O=C(O)CNC(=O)CNC(=O)c1cc(Br)ccc1Br. The van der Waals surface area contributed by atoms with E-state index < -0.39 is 24.3 Å². The number of benzene rings is 1. The van der Waals surface area contributed by atoms with E-state index in [4.69, 9.17) is 5.11 Å². The van der Waals surface area contributed by atoms with Gasteiger partial charge in [0.05, 0.1) is 12.1 Å². The number of nitrogens with one attached hydrogen (secondary N) is 2. The fourth-order valence-electron chi connectivity index (χ4n) is 1.16. The Hall–Kier alpha value is -1.41. The molecule has 0 unspecified atom stereocenters. The fourth-order valence-corrected chi connectivity index (χ4v) is 1.95. The number of hydrogen-bond acceptors (Lipinski definition) is 3. The smallest absolute Gasteiger partial charge is 0.322 e. The Kier molecular flexibility index (Phi) is 5.97. The second kappa shape index (κ2) is 7.25. The molecule has 0 spiro atoms. The van der Waals surface area contributed by atoms with Crippen molar-refractivity contribution in [3.05, 3.63) is 32.7 Å². The Morgan fingerprint density at radius 2 is 1.79 bits per heavy atom. The van der Waals surface area contributed by atoms with Crippen LogP contribution in [-0.4, -0.2) is 36.0 Å². The van der Waals surface area contributed by atoms with Gasteiger partial charge < -0.3 is 15.7 Å². The van der Waals surface area contributed by atoms with Crippen molar-refractivity contribution >= 4 is 49.6 Å². The van der Waals surface area contributed by atoms with E-state index in [0.717, 1.165) is 4.47 Å². The molecule has 0 aliphatic rings. The van der Waals surface area contributed by atoms with Gasteiger partial charge in [-0.3, -0.25) is 14.4 Å². The number of carbonyl (C=O) groups is 3. The van der Waals surface area contributed by atoms with E-state index in [1.165, 1.54) is 0 Å². The molecule has 0 aliphatic carbocycles. The Labute approximate surface area is 125 Å². The third-order valence-electron chi connectivity index (χ3n) is 2.02. The monoisotopic (exact) mass is 392 g/mol. The Morgan fingerprint density at radius 1 is 1.11 bits per heavy atom. The topological polar surface area (TPSA) is 95.5 Å². The molecule has 0 aromatic heterocycles. The van der Waals surface area contributed by atoms with Crippen LogP contribution in [0.4, 0.5) is 0 Å². The molecule has 0 radical (unpaired) electrons. The molecule has 19 heavy (non-hydrogen) atoms. The number of amides is 2. The van der Waals surface area contributed by atoms with Gasteiger partial charge in [0.1, 0.15) is 6.54 Å². The van der Waals surface area contributed by atoms with Gasteiger partial charge in [0.25, 0.3) is 5.91 Å². The van der Waals surface area contributed by atoms with Crippen molar-refractivity contribution in [2.75, 3.05) is 13.1 Å². The molecule has 1 rings (SSSR count). The highest BCUT2D eigenvalue weighted by Gasteiger charge is 2.12. The average Bonchev–Trinajstić information content (AvgIpc) is 2.36. The number of hydrogen-bond donors (Lipinski definition) is 3. The van der Waals surface area contributed by atoms with Crippen molar-refractivity contribution in [2.24, 2.45) is 0 Å². The molecule has 6 nitrogen and oxygen atoms in total. The van der Waals surface area contributed by atoms with Crippen molar-refractivity contribution in [2.45, 2.75) is 0 Å². The molecule has 3 N–H and O–H groups in total. The second-order valence-electron chi connectivity index (χ2n) is 3.48. The largest absolute Gasteiger partial charge is 0.480 e. The molecule has 2 amide bonds. The summed E-state index contributed by atoms with van der Waals surface area (Å²) in [4.78, 5) is 33.3. The second-order valence-corrected chi connectivity index (χ2v) is 5.25. The molecule has 1 aromatic rings. The Balaban J connectivity index is 2.53. The lowest BCUT2D eigenvalue weighted by Gasteiger charge is -2.07. The van der Waals surface area contributed by atoms with Crippen molar-refractivity contribution < 1.29 is 19.5 Å². The minimum absolute atomic E-state index is 0.287. The standard InChI is InChI=1S/C11H10Br2N2O4/c12-6-1-2-8(13)7(3-6)11(19)15-4-9(16)14-5-10(17)18/h1-3H,4-5H2,(H,14,16)(H,15,19)(H,17,18). The zero-order valence-corrected chi connectivity index (χ0v) is 12.7. The van der Waals surface area contributed by atoms with Crippen LogP contribution < -0.4 is 10.6 Å². The predicted octanol–water partition coefficient (Wildman–Crippen LogP) is 1.14. The highest BCUT2D eigenvalue weighted by molar-refractivity contribution is 9.11. The summed E-state index contributed by atoms with van der Waals surface area (Å²) >= 11 is 6.47. The van der Waals surface area contributed by atoms with Crippen LogP contribution in [-0.2, 0) is 9.59 Å². The first kappa shape index (κ1) is 15.6. The van der Waals surface area contributed by atoms with E-state index >= 15 is 0 Å². The highest BCUT2D eigenvalue weighted by atomic mass is 79.9. The number of aliphatic carboxylic acids is 1. The van der Waals surface area contributed by atoms with Crippen molar-refractivity contribution in [1.29, 1.82) is 0 Å². The number of carboxylic acid groups (broad SMARTS) is 1. The van der Waals surface area contributed by atoms with Gasteiger partial charge in [0.15, 0.2) is 0 Å². The van der Waals surface area contributed by atoms with Crippen LogP contribution in [0, 0.1) is 0 Å². The Bertz CT molecular complexity index is 519. The molecule has 0 fully saturated rings. The first-order valence-corrected chi connectivity index (χ1v) is 6.70.